The second kappa shape index (κ2) is 16.8. The standard InChI is InChI=1S/C42H53N9O7/c1-23(2)34(47-41(55)57-5)39(53)49-17-7-9-32(49)36-43-20-30(45-36)25-11-14-28(15-12-25)51-22-27-19-26(13-16-29(27)38(51)52)31-21-44-37(46-31)33-10-8-18-50(33)40(54)35(24(3)4)48-42(56)58-6/h11-16,19-21,23-24,32-35,37,44,46H,7-10,17-18,22H2,1-6H3,(H,43,45)(H,47,55)(H,48,56)/t32-,33-,34-,35-,37?/m0/s1. The first kappa shape index (κ1) is 40.1. The zero-order valence-electron chi connectivity index (χ0n) is 33.8. The lowest BCUT2D eigenvalue weighted by atomic mass is 10.0. The van der Waals surface area contributed by atoms with Crippen LogP contribution in [0.5, 0.6) is 0 Å². The molecule has 2 aromatic carbocycles. The van der Waals surface area contributed by atoms with E-state index < -0.39 is 24.3 Å². The lowest BCUT2D eigenvalue weighted by molar-refractivity contribution is -0.136. The average Bonchev–Trinajstić information content (AvgIpc) is 4.08. The van der Waals surface area contributed by atoms with Gasteiger partial charge in [-0.25, -0.2) is 14.6 Å². The van der Waals surface area contributed by atoms with Crippen LogP contribution in [0.2, 0.25) is 0 Å². The SMILES string of the molecule is COC(=O)N[C@H](C(=O)N1CCC[C@H]1c1ncc(-c2ccc(N3Cc4cc(C5=CNC([C@@H]6CCCN6C(=O)[C@@H](NC(=O)OC)C(C)C)N5)ccc4C3=O)cc2)[nH]1)C(C)C. The molecule has 308 valence electrons. The van der Waals surface area contributed by atoms with Gasteiger partial charge in [0.05, 0.1) is 50.4 Å². The predicted octanol–water partition coefficient (Wildman–Crippen LogP) is 4.47. The van der Waals surface area contributed by atoms with Crippen molar-refractivity contribution in [3.05, 3.63) is 77.4 Å². The maximum absolute atomic E-state index is 13.6. The van der Waals surface area contributed by atoms with E-state index in [2.05, 4.69) is 31.2 Å². The van der Waals surface area contributed by atoms with Crippen molar-refractivity contribution in [2.75, 3.05) is 32.2 Å². The Balaban J connectivity index is 0.985. The van der Waals surface area contributed by atoms with E-state index in [-0.39, 0.29) is 47.8 Å². The Morgan fingerprint density at radius 3 is 2.10 bits per heavy atom. The number of fused-ring (bicyclic) bond motifs is 1. The molecule has 2 fully saturated rings. The third-order valence-corrected chi connectivity index (χ3v) is 11.6. The Hall–Kier alpha value is -6.06. The largest absolute Gasteiger partial charge is 0.453 e. The molecule has 1 unspecified atom stereocenters. The first-order valence-electron chi connectivity index (χ1n) is 20.0. The summed E-state index contributed by atoms with van der Waals surface area (Å²) in [6.07, 6.45) is 5.43. The van der Waals surface area contributed by atoms with Gasteiger partial charge in [-0.15, -0.1) is 0 Å². The normalized spacial score (nSPS) is 21.0. The number of nitrogens with zero attached hydrogens (tertiary/aromatic N) is 4. The number of likely N-dealkylation sites (tertiary alicyclic amines) is 2. The van der Waals surface area contributed by atoms with E-state index in [0.717, 1.165) is 59.5 Å². The Morgan fingerprint density at radius 1 is 0.828 bits per heavy atom. The Kier molecular flexibility index (Phi) is 11.6. The van der Waals surface area contributed by atoms with Gasteiger partial charge in [-0.05, 0) is 78.5 Å². The van der Waals surface area contributed by atoms with Crippen molar-refractivity contribution >= 4 is 41.3 Å². The van der Waals surface area contributed by atoms with Gasteiger partial charge in [-0.3, -0.25) is 14.4 Å². The highest BCUT2D eigenvalue weighted by atomic mass is 16.5. The highest BCUT2D eigenvalue weighted by molar-refractivity contribution is 6.10. The molecule has 3 aromatic rings. The number of imidazole rings is 1. The average molecular weight is 796 g/mol. The fourth-order valence-electron chi connectivity index (χ4n) is 8.45. The summed E-state index contributed by atoms with van der Waals surface area (Å²) < 4.78 is 9.52. The lowest BCUT2D eigenvalue weighted by Gasteiger charge is -2.34. The molecule has 5 atom stereocenters. The lowest BCUT2D eigenvalue weighted by Crippen LogP contribution is -2.57. The molecular weight excluding hydrogens is 743 g/mol. The molecule has 5 N–H and O–H groups in total. The molecule has 16 heteroatoms. The van der Waals surface area contributed by atoms with Gasteiger partial charge in [0.1, 0.15) is 24.1 Å². The summed E-state index contributed by atoms with van der Waals surface area (Å²) in [4.78, 5) is 78.2. The molecule has 4 aliphatic rings. The molecule has 58 heavy (non-hydrogen) atoms. The smallest absolute Gasteiger partial charge is 0.407 e. The molecule has 16 nitrogen and oxygen atoms in total. The van der Waals surface area contributed by atoms with Crippen LogP contribution in [0.25, 0.3) is 17.0 Å². The van der Waals surface area contributed by atoms with Crippen LogP contribution in [0.4, 0.5) is 15.3 Å². The number of hydrogen-bond donors (Lipinski definition) is 5. The van der Waals surface area contributed by atoms with Crippen molar-refractivity contribution in [3.8, 4) is 11.3 Å². The number of ether oxygens (including phenoxy) is 2. The molecule has 2 saturated heterocycles. The number of aromatic nitrogens is 2. The van der Waals surface area contributed by atoms with Crippen LogP contribution >= 0.6 is 0 Å². The number of aromatic amines is 1. The highest BCUT2D eigenvalue weighted by Gasteiger charge is 2.41. The van der Waals surface area contributed by atoms with E-state index in [1.807, 2.05) is 81.3 Å². The van der Waals surface area contributed by atoms with Gasteiger partial charge in [0.2, 0.25) is 11.8 Å². The third-order valence-electron chi connectivity index (χ3n) is 11.6. The molecule has 5 heterocycles. The zero-order chi connectivity index (χ0) is 41.2. The van der Waals surface area contributed by atoms with Crippen LogP contribution in [0.15, 0.2) is 54.9 Å². The second-order valence-electron chi connectivity index (χ2n) is 16.0. The number of H-pyrrole nitrogens is 1. The fourth-order valence-corrected chi connectivity index (χ4v) is 8.45. The topological polar surface area (TPSA) is 190 Å². The molecule has 7 rings (SSSR count). The van der Waals surface area contributed by atoms with E-state index in [1.165, 1.54) is 14.2 Å². The summed E-state index contributed by atoms with van der Waals surface area (Å²) in [5.41, 5.74) is 5.82. The van der Waals surface area contributed by atoms with E-state index >= 15 is 0 Å². The summed E-state index contributed by atoms with van der Waals surface area (Å²) in [5.74, 6) is 0.0758. The zero-order valence-corrected chi connectivity index (χ0v) is 33.8. The van der Waals surface area contributed by atoms with Gasteiger partial charge in [-0.1, -0.05) is 45.9 Å². The molecule has 0 bridgehead atoms. The number of benzene rings is 2. The maximum atomic E-state index is 13.6. The van der Waals surface area contributed by atoms with Crippen molar-refractivity contribution in [3.63, 3.8) is 0 Å². The minimum Gasteiger partial charge on any atom is -0.453 e. The molecular formula is C42H53N9O7. The Bertz CT molecular complexity index is 2080. The van der Waals surface area contributed by atoms with Crippen molar-refractivity contribution < 1.29 is 33.4 Å². The first-order valence-corrected chi connectivity index (χ1v) is 20.0. The quantitative estimate of drug-likeness (QED) is 0.185. The van der Waals surface area contributed by atoms with Crippen LogP contribution in [0.1, 0.15) is 86.7 Å². The summed E-state index contributed by atoms with van der Waals surface area (Å²) in [6, 6.07) is 11.8. The van der Waals surface area contributed by atoms with Gasteiger partial charge in [0, 0.05) is 30.5 Å². The molecule has 0 spiro atoms. The van der Waals surface area contributed by atoms with Crippen LogP contribution in [0, 0.1) is 11.8 Å². The van der Waals surface area contributed by atoms with Crippen molar-refractivity contribution in [2.45, 2.75) is 90.3 Å². The van der Waals surface area contributed by atoms with Crippen molar-refractivity contribution in [1.29, 1.82) is 0 Å². The number of nitrogens with one attached hydrogen (secondary N) is 5. The number of methoxy groups -OCH3 is 2. The number of hydrogen-bond acceptors (Lipinski definition) is 10. The molecule has 0 aliphatic carbocycles. The van der Waals surface area contributed by atoms with E-state index in [1.54, 1.807) is 16.0 Å². The summed E-state index contributed by atoms with van der Waals surface area (Å²) in [7, 11) is 2.56. The van der Waals surface area contributed by atoms with Gasteiger partial charge in [0.25, 0.3) is 5.91 Å². The van der Waals surface area contributed by atoms with Crippen molar-refractivity contribution in [1.82, 2.24) is 41.0 Å². The summed E-state index contributed by atoms with van der Waals surface area (Å²) in [5, 5.41) is 12.4. The fraction of sp³-hybridized carbons (Fsp3) is 0.476. The third kappa shape index (κ3) is 7.91. The minimum absolute atomic E-state index is 0.0738. The summed E-state index contributed by atoms with van der Waals surface area (Å²) in [6.45, 7) is 9.16. The van der Waals surface area contributed by atoms with Crippen LogP contribution < -0.4 is 26.2 Å². The number of alkyl carbamates (subject to hydrolysis) is 2. The monoisotopic (exact) mass is 795 g/mol. The molecule has 1 aromatic heterocycles. The maximum Gasteiger partial charge on any atom is 0.407 e. The highest BCUT2D eigenvalue weighted by Crippen LogP contribution is 2.35. The summed E-state index contributed by atoms with van der Waals surface area (Å²) >= 11 is 0. The van der Waals surface area contributed by atoms with Gasteiger partial charge >= 0.3 is 12.2 Å². The molecule has 5 amide bonds. The van der Waals surface area contributed by atoms with Crippen LogP contribution in [0.3, 0.4) is 0 Å². The predicted molar refractivity (Wildman–Crippen MR) is 216 cm³/mol. The number of rotatable bonds is 11. The van der Waals surface area contributed by atoms with Crippen LogP contribution in [-0.4, -0.2) is 101 Å². The number of amides is 5. The minimum atomic E-state index is -0.712. The van der Waals surface area contributed by atoms with Crippen molar-refractivity contribution in [2.24, 2.45) is 11.8 Å². The second-order valence-corrected chi connectivity index (χ2v) is 16.0. The van der Waals surface area contributed by atoms with E-state index in [4.69, 9.17) is 9.47 Å². The van der Waals surface area contributed by atoms with Crippen LogP contribution in [-0.2, 0) is 25.6 Å². The number of carbonyl (C=O) groups is 5. The van der Waals surface area contributed by atoms with E-state index in [0.29, 0.717) is 31.0 Å². The van der Waals surface area contributed by atoms with E-state index in [9.17, 15) is 24.0 Å². The first-order chi connectivity index (χ1) is 27.9. The Morgan fingerprint density at radius 2 is 1.45 bits per heavy atom. The Labute approximate surface area is 338 Å². The number of anilines is 1. The van der Waals surface area contributed by atoms with Gasteiger partial charge in [0.15, 0.2) is 0 Å². The van der Waals surface area contributed by atoms with Gasteiger partial charge < -0.3 is 50.4 Å². The number of carbonyl (C=O) groups excluding carboxylic acids is 5. The molecule has 0 saturated carbocycles. The van der Waals surface area contributed by atoms with Gasteiger partial charge in [-0.2, -0.15) is 0 Å². The molecule has 4 aliphatic heterocycles. The molecule has 0 radical (unpaired) electrons.